The van der Waals surface area contributed by atoms with E-state index in [0.717, 1.165) is 18.4 Å². The second kappa shape index (κ2) is 5.46. The third kappa shape index (κ3) is 2.76. The number of rotatable bonds is 5. The monoisotopic (exact) mass is 211 g/mol. The molecule has 0 atom stereocenters. The number of hydrogen-bond acceptors (Lipinski definition) is 4. The summed E-state index contributed by atoms with van der Waals surface area (Å²) in [7, 11) is 3.04. The topological polar surface area (TPSA) is 64.7 Å². The predicted octanol–water partition coefficient (Wildman–Crippen LogP) is 1.30. The lowest BCUT2D eigenvalue weighted by atomic mass is 10.1. The van der Waals surface area contributed by atoms with Gasteiger partial charge in [0, 0.05) is 0 Å². The maximum Gasteiger partial charge on any atom is 0.203 e. The highest BCUT2D eigenvalue weighted by atomic mass is 16.5. The maximum atomic E-state index is 9.67. The second-order valence-corrected chi connectivity index (χ2v) is 3.24. The summed E-state index contributed by atoms with van der Waals surface area (Å²) in [5, 5.41) is 9.67. The predicted molar refractivity (Wildman–Crippen MR) is 58.6 cm³/mol. The number of aromatic hydroxyl groups is 1. The molecule has 1 aromatic carbocycles. The van der Waals surface area contributed by atoms with Crippen molar-refractivity contribution in [2.45, 2.75) is 12.8 Å². The Hall–Kier alpha value is -1.42. The summed E-state index contributed by atoms with van der Waals surface area (Å²) in [4.78, 5) is 0. The number of aryl methyl sites for hydroxylation is 1. The van der Waals surface area contributed by atoms with Crippen molar-refractivity contribution in [3.63, 3.8) is 0 Å². The molecule has 84 valence electrons. The summed E-state index contributed by atoms with van der Waals surface area (Å²) >= 11 is 0. The number of nitrogens with two attached hydrogens (primary N) is 1. The molecule has 4 nitrogen and oxygen atoms in total. The van der Waals surface area contributed by atoms with Crippen LogP contribution >= 0.6 is 0 Å². The number of methoxy groups -OCH3 is 2. The van der Waals surface area contributed by atoms with Crippen LogP contribution in [0.3, 0.4) is 0 Å². The Morgan fingerprint density at radius 1 is 1.27 bits per heavy atom. The van der Waals surface area contributed by atoms with Gasteiger partial charge in [-0.1, -0.05) is 0 Å². The van der Waals surface area contributed by atoms with Crippen molar-refractivity contribution in [3.05, 3.63) is 17.7 Å². The van der Waals surface area contributed by atoms with Crippen molar-refractivity contribution in [2.75, 3.05) is 20.8 Å². The molecule has 0 spiro atoms. The molecule has 0 heterocycles. The van der Waals surface area contributed by atoms with E-state index in [1.54, 1.807) is 13.2 Å². The van der Waals surface area contributed by atoms with Crippen LogP contribution in [-0.4, -0.2) is 25.9 Å². The van der Waals surface area contributed by atoms with E-state index in [9.17, 15) is 5.11 Å². The lowest BCUT2D eigenvalue weighted by Crippen LogP contribution is -2.01. The average Bonchev–Trinajstić information content (AvgIpc) is 2.25. The van der Waals surface area contributed by atoms with E-state index in [-0.39, 0.29) is 5.75 Å². The third-order valence-corrected chi connectivity index (χ3v) is 2.19. The smallest absolute Gasteiger partial charge is 0.203 e. The Kier molecular flexibility index (Phi) is 4.24. The van der Waals surface area contributed by atoms with Gasteiger partial charge in [0.2, 0.25) is 5.75 Å². The standard InChI is InChI=1S/C11H17NO3/c1-14-10-7-8(4-3-5-12)6-9(13)11(10)15-2/h6-7,13H,3-5,12H2,1-2H3. The van der Waals surface area contributed by atoms with Crippen molar-refractivity contribution in [1.29, 1.82) is 0 Å². The molecule has 1 rings (SSSR count). The van der Waals surface area contributed by atoms with Crippen molar-refractivity contribution in [3.8, 4) is 17.2 Å². The zero-order chi connectivity index (χ0) is 11.3. The van der Waals surface area contributed by atoms with E-state index in [4.69, 9.17) is 15.2 Å². The van der Waals surface area contributed by atoms with Crippen LogP contribution in [0.2, 0.25) is 0 Å². The molecule has 4 heteroatoms. The highest BCUT2D eigenvalue weighted by Crippen LogP contribution is 2.37. The number of phenols is 1. The molecule has 0 saturated carbocycles. The zero-order valence-corrected chi connectivity index (χ0v) is 9.12. The summed E-state index contributed by atoms with van der Waals surface area (Å²) in [5.74, 6) is 1.02. The molecule has 3 N–H and O–H groups in total. The summed E-state index contributed by atoms with van der Waals surface area (Å²) in [6.07, 6.45) is 1.71. The first-order valence-corrected chi connectivity index (χ1v) is 4.86. The van der Waals surface area contributed by atoms with Crippen molar-refractivity contribution >= 4 is 0 Å². The van der Waals surface area contributed by atoms with E-state index in [0.29, 0.717) is 18.0 Å². The molecule has 0 aliphatic rings. The van der Waals surface area contributed by atoms with Gasteiger partial charge in [0.1, 0.15) is 0 Å². The van der Waals surface area contributed by atoms with E-state index < -0.39 is 0 Å². The first-order chi connectivity index (χ1) is 7.22. The van der Waals surface area contributed by atoms with Crippen LogP contribution in [0.5, 0.6) is 17.2 Å². The van der Waals surface area contributed by atoms with E-state index in [1.165, 1.54) is 7.11 Å². The largest absolute Gasteiger partial charge is 0.504 e. The molecule has 0 fully saturated rings. The molecule has 0 amide bonds. The molecule has 0 aliphatic heterocycles. The number of hydrogen-bond donors (Lipinski definition) is 2. The minimum atomic E-state index is 0.101. The first-order valence-electron chi connectivity index (χ1n) is 4.86. The van der Waals surface area contributed by atoms with Gasteiger partial charge in [-0.3, -0.25) is 0 Å². The molecule has 1 aromatic rings. The molecule has 0 aromatic heterocycles. The van der Waals surface area contributed by atoms with Gasteiger partial charge in [-0.25, -0.2) is 0 Å². The van der Waals surface area contributed by atoms with E-state index in [2.05, 4.69) is 0 Å². The summed E-state index contributed by atoms with van der Waals surface area (Å²) in [6.45, 7) is 0.634. The second-order valence-electron chi connectivity index (χ2n) is 3.24. The summed E-state index contributed by atoms with van der Waals surface area (Å²) < 4.78 is 10.1. The van der Waals surface area contributed by atoms with E-state index >= 15 is 0 Å². The minimum absolute atomic E-state index is 0.101. The fourth-order valence-corrected chi connectivity index (χ4v) is 1.45. The van der Waals surface area contributed by atoms with Crippen LogP contribution < -0.4 is 15.2 Å². The highest BCUT2D eigenvalue weighted by Gasteiger charge is 2.10. The molecule has 0 unspecified atom stereocenters. The molecular formula is C11H17NO3. The van der Waals surface area contributed by atoms with Crippen LogP contribution in [0.25, 0.3) is 0 Å². The molecule has 0 aliphatic carbocycles. The van der Waals surface area contributed by atoms with Crippen molar-refractivity contribution in [1.82, 2.24) is 0 Å². The Balaban J connectivity index is 2.97. The van der Waals surface area contributed by atoms with Crippen LogP contribution in [0.4, 0.5) is 0 Å². The van der Waals surface area contributed by atoms with Crippen LogP contribution in [0.15, 0.2) is 12.1 Å². The zero-order valence-electron chi connectivity index (χ0n) is 9.12. The van der Waals surface area contributed by atoms with Gasteiger partial charge < -0.3 is 20.3 Å². The fourth-order valence-electron chi connectivity index (χ4n) is 1.45. The quantitative estimate of drug-likeness (QED) is 0.770. The van der Waals surface area contributed by atoms with Crippen molar-refractivity contribution in [2.24, 2.45) is 5.73 Å². The van der Waals surface area contributed by atoms with Gasteiger partial charge in [-0.15, -0.1) is 0 Å². The normalized spacial score (nSPS) is 10.1. The summed E-state index contributed by atoms with van der Waals surface area (Å²) in [5.41, 5.74) is 6.42. The number of benzene rings is 1. The Morgan fingerprint density at radius 2 is 2.00 bits per heavy atom. The molecule has 0 bridgehead atoms. The Morgan fingerprint density at radius 3 is 2.53 bits per heavy atom. The van der Waals surface area contributed by atoms with E-state index in [1.807, 2.05) is 6.07 Å². The molecular weight excluding hydrogens is 194 g/mol. The van der Waals surface area contributed by atoms with Gasteiger partial charge in [0.15, 0.2) is 11.5 Å². The lowest BCUT2D eigenvalue weighted by molar-refractivity contribution is 0.332. The number of phenolic OH excluding ortho intramolecular Hbond substituents is 1. The van der Waals surface area contributed by atoms with Gasteiger partial charge in [0.05, 0.1) is 14.2 Å². The fraction of sp³-hybridized carbons (Fsp3) is 0.455. The van der Waals surface area contributed by atoms with Gasteiger partial charge in [-0.2, -0.15) is 0 Å². The van der Waals surface area contributed by atoms with Crippen LogP contribution in [0, 0.1) is 0 Å². The molecule has 15 heavy (non-hydrogen) atoms. The Labute approximate surface area is 89.6 Å². The summed E-state index contributed by atoms with van der Waals surface area (Å²) in [6, 6.07) is 3.53. The van der Waals surface area contributed by atoms with Crippen molar-refractivity contribution < 1.29 is 14.6 Å². The average molecular weight is 211 g/mol. The number of ether oxygens (including phenoxy) is 2. The first kappa shape index (κ1) is 11.7. The highest BCUT2D eigenvalue weighted by molar-refractivity contribution is 5.53. The molecule has 0 radical (unpaired) electrons. The molecule has 0 saturated heterocycles. The lowest BCUT2D eigenvalue weighted by Gasteiger charge is -2.11. The van der Waals surface area contributed by atoms with Gasteiger partial charge in [0.25, 0.3) is 0 Å². The minimum Gasteiger partial charge on any atom is -0.504 e. The Bertz CT molecular complexity index is 326. The van der Waals surface area contributed by atoms with Crippen LogP contribution in [0.1, 0.15) is 12.0 Å². The van der Waals surface area contributed by atoms with Gasteiger partial charge >= 0.3 is 0 Å². The SMILES string of the molecule is COc1cc(CCCN)cc(O)c1OC. The third-order valence-electron chi connectivity index (χ3n) is 2.19. The maximum absolute atomic E-state index is 9.67. The van der Waals surface area contributed by atoms with Crippen LogP contribution in [-0.2, 0) is 6.42 Å². The van der Waals surface area contributed by atoms with Gasteiger partial charge in [-0.05, 0) is 37.1 Å².